The normalized spacial score (nSPS) is 13.5. The first-order chi connectivity index (χ1) is 5.07. The van der Waals surface area contributed by atoms with Gasteiger partial charge in [0.15, 0.2) is 0 Å². The zero-order valence-electron chi connectivity index (χ0n) is 7.98. The van der Waals surface area contributed by atoms with Crippen LogP contribution in [-0.4, -0.2) is 18.4 Å². The van der Waals surface area contributed by atoms with E-state index >= 15 is 0 Å². The predicted molar refractivity (Wildman–Crippen MR) is 47.6 cm³/mol. The van der Waals surface area contributed by atoms with Gasteiger partial charge in [-0.2, -0.15) is 0 Å². The van der Waals surface area contributed by atoms with Gasteiger partial charge in [-0.25, -0.2) is 0 Å². The van der Waals surface area contributed by atoms with Crippen LogP contribution < -0.4 is 5.32 Å². The predicted octanol–water partition coefficient (Wildman–Crippen LogP) is 1.60. The highest BCUT2D eigenvalue weighted by Gasteiger charge is 2.07. The highest BCUT2D eigenvalue weighted by atomic mass is 16.1. The van der Waals surface area contributed by atoms with E-state index in [4.69, 9.17) is 0 Å². The fourth-order valence-corrected chi connectivity index (χ4v) is 0.623. The van der Waals surface area contributed by atoms with Gasteiger partial charge >= 0.3 is 0 Å². The van der Waals surface area contributed by atoms with E-state index in [0.717, 1.165) is 6.42 Å². The van der Waals surface area contributed by atoms with Crippen molar-refractivity contribution in [2.24, 2.45) is 5.92 Å². The molecule has 0 saturated heterocycles. The minimum Gasteiger partial charge on any atom is -0.308 e. The number of carbonyl (C=O) groups excluding carboxylic acids is 1. The Balaban J connectivity index is 3.46. The van der Waals surface area contributed by atoms with E-state index in [9.17, 15) is 4.79 Å². The minimum absolute atomic E-state index is 0.159. The van der Waals surface area contributed by atoms with Crippen LogP contribution in [0.25, 0.3) is 0 Å². The SMILES string of the molecule is CCC(C)NCC(=O)C(C)C. The maximum Gasteiger partial charge on any atom is 0.149 e. The molecular weight excluding hydrogens is 138 g/mol. The summed E-state index contributed by atoms with van der Waals surface area (Å²) in [6.07, 6.45) is 1.07. The Labute approximate surface area is 69.4 Å². The topological polar surface area (TPSA) is 29.1 Å². The average Bonchev–Trinajstić information content (AvgIpc) is 1.99. The number of ketones is 1. The van der Waals surface area contributed by atoms with Crippen LogP contribution in [-0.2, 0) is 4.79 Å². The molecule has 0 radical (unpaired) electrons. The molecule has 1 atom stereocenters. The highest BCUT2D eigenvalue weighted by Crippen LogP contribution is 1.94. The first-order valence-corrected chi connectivity index (χ1v) is 4.34. The monoisotopic (exact) mass is 157 g/mol. The van der Waals surface area contributed by atoms with Crippen molar-refractivity contribution >= 4 is 5.78 Å². The average molecular weight is 157 g/mol. The van der Waals surface area contributed by atoms with Crippen molar-refractivity contribution in [2.45, 2.75) is 40.2 Å². The van der Waals surface area contributed by atoms with E-state index in [2.05, 4.69) is 19.2 Å². The lowest BCUT2D eigenvalue weighted by Crippen LogP contribution is -2.32. The van der Waals surface area contributed by atoms with Crippen LogP contribution in [0.4, 0.5) is 0 Å². The molecule has 0 aliphatic heterocycles. The van der Waals surface area contributed by atoms with Gasteiger partial charge in [-0.3, -0.25) is 4.79 Å². The van der Waals surface area contributed by atoms with Gasteiger partial charge in [0.05, 0.1) is 6.54 Å². The molecule has 0 aromatic rings. The summed E-state index contributed by atoms with van der Waals surface area (Å²) in [6.45, 7) is 8.58. The molecule has 1 unspecified atom stereocenters. The quantitative estimate of drug-likeness (QED) is 0.656. The molecule has 11 heavy (non-hydrogen) atoms. The molecular formula is C9H19NO. The van der Waals surface area contributed by atoms with Crippen LogP contribution in [0.3, 0.4) is 0 Å². The summed E-state index contributed by atoms with van der Waals surface area (Å²) in [5.74, 6) is 0.455. The molecule has 0 spiro atoms. The third-order valence-electron chi connectivity index (χ3n) is 1.88. The van der Waals surface area contributed by atoms with E-state index in [0.29, 0.717) is 18.4 Å². The maximum absolute atomic E-state index is 11.1. The molecule has 0 saturated carbocycles. The van der Waals surface area contributed by atoms with Gasteiger partial charge in [-0.05, 0) is 13.3 Å². The second kappa shape index (κ2) is 5.30. The summed E-state index contributed by atoms with van der Waals surface area (Å²) >= 11 is 0. The molecule has 0 aliphatic carbocycles. The molecule has 2 nitrogen and oxygen atoms in total. The molecule has 0 aromatic carbocycles. The summed E-state index contributed by atoms with van der Waals surface area (Å²) in [4.78, 5) is 11.1. The van der Waals surface area contributed by atoms with Crippen molar-refractivity contribution in [3.8, 4) is 0 Å². The molecule has 0 rings (SSSR count). The van der Waals surface area contributed by atoms with Crippen molar-refractivity contribution in [3.05, 3.63) is 0 Å². The Hall–Kier alpha value is -0.370. The largest absolute Gasteiger partial charge is 0.308 e. The van der Waals surface area contributed by atoms with Gasteiger partial charge in [0, 0.05) is 12.0 Å². The van der Waals surface area contributed by atoms with Crippen LogP contribution in [0.15, 0.2) is 0 Å². The van der Waals surface area contributed by atoms with Gasteiger partial charge in [0.25, 0.3) is 0 Å². The van der Waals surface area contributed by atoms with E-state index in [1.165, 1.54) is 0 Å². The zero-order valence-corrected chi connectivity index (χ0v) is 7.98. The lowest BCUT2D eigenvalue weighted by molar-refractivity contribution is -0.121. The first kappa shape index (κ1) is 10.6. The second-order valence-corrected chi connectivity index (χ2v) is 3.31. The standard InChI is InChI=1S/C9H19NO/c1-5-8(4)10-6-9(11)7(2)3/h7-8,10H,5-6H2,1-4H3. The summed E-state index contributed by atoms with van der Waals surface area (Å²) in [5.41, 5.74) is 0. The van der Waals surface area contributed by atoms with Crippen molar-refractivity contribution in [2.75, 3.05) is 6.54 Å². The third-order valence-corrected chi connectivity index (χ3v) is 1.88. The van der Waals surface area contributed by atoms with E-state index in [1.807, 2.05) is 13.8 Å². The van der Waals surface area contributed by atoms with Gasteiger partial charge < -0.3 is 5.32 Å². The number of nitrogens with one attached hydrogen (secondary N) is 1. The van der Waals surface area contributed by atoms with Crippen molar-refractivity contribution in [3.63, 3.8) is 0 Å². The lowest BCUT2D eigenvalue weighted by atomic mass is 10.1. The Morgan fingerprint density at radius 2 is 1.91 bits per heavy atom. The summed E-state index contributed by atoms with van der Waals surface area (Å²) in [5, 5.41) is 3.16. The van der Waals surface area contributed by atoms with Gasteiger partial charge in [0.2, 0.25) is 0 Å². The summed E-state index contributed by atoms with van der Waals surface area (Å²) < 4.78 is 0. The van der Waals surface area contributed by atoms with Gasteiger partial charge in [-0.15, -0.1) is 0 Å². The molecule has 0 fully saturated rings. The zero-order chi connectivity index (χ0) is 8.85. The molecule has 1 N–H and O–H groups in total. The molecule has 0 amide bonds. The summed E-state index contributed by atoms with van der Waals surface area (Å²) in [6, 6.07) is 0.456. The maximum atomic E-state index is 11.1. The lowest BCUT2D eigenvalue weighted by Gasteiger charge is -2.11. The smallest absolute Gasteiger partial charge is 0.149 e. The molecule has 0 aliphatic rings. The van der Waals surface area contributed by atoms with Gasteiger partial charge in [-0.1, -0.05) is 20.8 Å². The molecule has 2 heteroatoms. The van der Waals surface area contributed by atoms with E-state index in [-0.39, 0.29) is 5.92 Å². The van der Waals surface area contributed by atoms with Crippen molar-refractivity contribution in [1.29, 1.82) is 0 Å². The van der Waals surface area contributed by atoms with Crippen LogP contribution in [0.1, 0.15) is 34.1 Å². The van der Waals surface area contributed by atoms with Crippen LogP contribution in [0.5, 0.6) is 0 Å². The number of hydrogen-bond acceptors (Lipinski definition) is 2. The fraction of sp³-hybridized carbons (Fsp3) is 0.889. The number of rotatable bonds is 5. The van der Waals surface area contributed by atoms with Crippen molar-refractivity contribution < 1.29 is 4.79 Å². The number of hydrogen-bond donors (Lipinski definition) is 1. The molecule has 0 bridgehead atoms. The number of Topliss-reactive ketones (excluding diaryl/α,β-unsaturated/α-hetero) is 1. The Bertz CT molecular complexity index is 121. The third kappa shape index (κ3) is 4.96. The fourth-order valence-electron chi connectivity index (χ4n) is 0.623. The molecule has 66 valence electrons. The summed E-state index contributed by atoms with van der Waals surface area (Å²) in [7, 11) is 0. The van der Waals surface area contributed by atoms with Crippen LogP contribution in [0, 0.1) is 5.92 Å². The minimum atomic E-state index is 0.159. The first-order valence-electron chi connectivity index (χ1n) is 4.34. The number of carbonyl (C=O) groups is 1. The second-order valence-electron chi connectivity index (χ2n) is 3.31. The van der Waals surface area contributed by atoms with Gasteiger partial charge in [0.1, 0.15) is 5.78 Å². The van der Waals surface area contributed by atoms with Crippen LogP contribution >= 0.6 is 0 Å². The Kier molecular flexibility index (Phi) is 5.12. The Morgan fingerprint density at radius 3 is 2.27 bits per heavy atom. The molecule has 0 aromatic heterocycles. The molecule has 0 heterocycles. The van der Waals surface area contributed by atoms with Crippen LogP contribution in [0.2, 0.25) is 0 Å². The van der Waals surface area contributed by atoms with E-state index in [1.54, 1.807) is 0 Å². The Morgan fingerprint density at radius 1 is 1.36 bits per heavy atom. The van der Waals surface area contributed by atoms with Crippen molar-refractivity contribution in [1.82, 2.24) is 5.32 Å². The highest BCUT2D eigenvalue weighted by molar-refractivity contribution is 5.82. The van der Waals surface area contributed by atoms with E-state index < -0.39 is 0 Å².